The lowest BCUT2D eigenvalue weighted by molar-refractivity contribution is -0.151. The second-order valence-electron chi connectivity index (χ2n) is 5.51. The van der Waals surface area contributed by atoms with Crippen LogP contribution in [0, 0.1) is 6.92 Å². The van der Waals surface area contributed by atoms with Crippen LogP contribution in [0.2, 0.25) is 0 Å². The Morgan fingerprint density at radius 3 is 2.64 bits per heavy atom. The highest BCUT2D eigenvalue weighted by Gasteiger charge is 2.50. The van der Waals surface area contributed by atoms with E-state index in [2.05, 4.69) is 0 Å². The van der Waals surface area contributed by atoms with Gasteiger partial charge in [-0.05, 0) is 43.5 Å². The minimum absolute atomic E-state index is 0.0106. The molecule has 1 fully saturated rings. The number of ether oxygens (including phenoxy) is 2. The number of nitrogens with zero attached hydrogens (tertiary/aromatic N) is 1. The lowest BCUT2D eigenvalue weighted by atomic mass is 9.96. The summed E-state index contributed by atoms with van der Waals surface area (Å²) in [7, 11) is 3.01. The van der Waals surface area contributed by atoms with Crippen molar-refractivity contribution in [3.63, 3.8) is 0 Å². The summed E-state index contributed by atoms with van der Waals surface area (Å²) in [4.78, 5) is 26.0. The minimum Gasteiger partial charge on any atom is -0.497 e. The molecule has 120 valence electrons. The third-order valence-electron chi connectivity index (χ3n) is 4.18. The van der Waals surface area contributed by atoms with Gasteiger partial charge in [0.15, 0.2) is 5.54 Å². The number of benzene rings is 1. The first-order chi connectivity index (χ1) is 10.5. The molecule has 0 saturated carbocycles. The van der Waals surface area contributed by atoms with E-state index in [1.165, 1.54) is 12.0 Å². The summed E-state index contributed by atoms with van der Waals surface area (Å²) >= 11 is 0. The number of carbonyl (C=O) groups is 2. The quantitative estimate of drug-likeness (QED) is 0.896. The van der Waals surface area contributed by atoms with Gasteiger partial charge in [-0.2, -0.15) is 0 Å². The van der Waals surface area contributed by atoms with Crippen LogP contribution in [-0.2, 0) is 9.53 Å². The molecule has 0 aromatic heterocycles. The zero-order valence-corrected chi connectivity index (χ0v) is 13.1. The average Bonchev–Trinajstić information content (AvgIpc) is 2.92. The number of carbonyl (C=O) groups excluding carboxylic acids is 1. The van der Waals surface area contributed by atoms with Crippen molar-refractivity contribution in [3.8, 4) is 5.75 Å². The van der Waals surface area contributed by atoms with Gasteiger partial charge in [0.25, 0.3) is 5.91 Å². The normalized spacial score (nSPS) is 21.0. The fourth-order valence-corrected chi connectivity index (χ4v) is 3.00. The molecule has 1 heterocycles. The number of amides is 1. The SMILES string of the molecule is COCC1(C(=O)O)CCCN1C(=O)c1ccc(OC)cc1C. The first kappa shape index (κ1) is 16.3. The number of carboxylic acids is 1. The number of hydrogen-bond acceptors (Lipinski definition) is 4. The van der Waals surface area contributed by atoms with Crippen LogP contribution in [0.4, 0.5) is 0 Å². The summed E-state index contributed by atoms with van der Waals surface area (Å²) in [6, 6.07) is 5.14. The molecule has 1 unspecified atom stereocenters. The number of methoxy groups -OCH3 is 2. The largest absolute Gasteiger partial charge is 0.497 e. The number of rotatable bonds is 5. The van der Waals surface area contributed by atoms with Crippen molar-refractivity contribution in [2.45, 2.75) is 25.3 Å². The van der Waals surface area contributed by atoms with E-state index in [1.807, 2.05) is 6.92 Å². The van der Waals surface area contributed by atoms with Crippen LogP contribution < -0.4 is 4.74 Å². The zero-order valence-electron chi connectivity index (χ0n) is 13.1. The Morgan fingerprint density at radius 1 is 1.36 bits per heavy atom. The number of carboxylic acid groups (broad SMARTS) is 1. The van der Waals surface area contributed by atoms with E-state index >= 15 is 0 Å². The van der Waals surface area contributed by atoms with Gasteiger partial charge in [-0.15, -0.1) is 0 Å². The van der Waals surface area contributed by atoms with Crippen molar-refractivity contribution < 1.29 is 24.2 Å². The molecular formula is C16H21NO5. The van der Waals surface area contributed by atoms with E-state index in [9.17, 15) is 14.7 Å². The highest BCUT2D eigenvalue weighted by Crippen LogP contribution is 2.32. The van der Waals surface area contributed by atoms with Gasteiger partial charge in [-0.1, -0.05) is 0 Å². The van der Waals surface area contributed by atoms with Crippen molar-refractivity contribution in [3.05, 3.63) is 29.3 Å². The van der Waals surface area contributed by atoms with Crippen molar-refractivity contribution in [1.82, 2.24) is 4.90 Å². The fraction of sp³-hybridized carbons (Fsp3) is 0.500. The minimum atomic E-state index is -1.28. The van der Waals surface area contributed by atoms with Crippen LogP contribution in [0.1, 0.15) is 28.8 Å². The number of aliphatic carboxylic acids is 1. The Balaban J connectivity index is 2.37. The summed E-state index contributed by atoms with van der Waals surface area (Å²) < 4.78 is 10.2. The van der Waals surface area contributed by atoms with Gasteiger partial charge in [0, 0.05) is 19.2 Å². The summed E-state index contributed by atoms with van der Waals surface area (Å²) in [5.41, 5.74) is -0.0320. The number of likely N-dealkylation sites (tertiary alicyclic amines) is 1. The molecule has 1 aliphatic rings. The van der Waals surface area contributed by atoms with Gasteiger partial charge in [0.05, 0.1) is 13.7 Å². The van der Waals surface area contributed by atoms with E-state index < -0.39 is 11.5 Å². The Bertz CT molecular complexity index is 586. The molecule has 2 rings (SSSR count). The second kappa shape index (κ2) is 6.36. The summed E-state index contributed by atoms with van der Waals surface area (Å²) in [6.45, 7) is 2.22. The Kier molecular flexibility index (Phi) is 4.71. The van der Waals surface area contributed by atoms with Gasteiger partial charge in [-0.25, -0.2) is 4.79 Å². The third-order valence-corrected chi connectivity index (χ3v) is 4.18. The zero-order chi connectivity index (χ0) is 16.3. The molecule has 1 aromatic rings. The van der Waals surface area contributed by atoms with E-state index in [-0.39, 0.29) is 12.5 Å². The molecule has 6 heteroatoms. The topological polar surface area (TPSA) is 76.1 Å². The highest BCUT2D eigenvalue weighted by atomic mass is 16.5. The van der Waals surface area contributed by atoms with Gasteiger partial charge in [0.1, 0.15) is 5.75 Å². The lowest BCUT2D eigenvalue weighted by Crippen LogP contribution is -2.56. The first-order valence-electron chi connectivity index (χ1n) is 7.15. The van der Waals surface area contributed by atoms with Gasteiger partial charge in [0.2, 0.25) is 0 Å². The van der Waals surface area contributed by atoms with Crippen LogP contribution >= 0.6 is 0 Å². The molecule has 1 atom stereocenters. The highest BCUT2D eigenvalue weighted by molar-refractivity contribution is 5.99. The van der Waals surface area contributed by atoms with Crippen LogP contribution in [0.3, 0.4) is 0 Å². The van der Waals surface area contributed by atoms with Gasteiger partial charge in [-0.3, -0.25) is 4.79 Å². The second-order valence-corrected chi connectivity index (χ2v) is 5.51. The van der Waals surface area contributed by atoms with Crippen molar-refractivity contribution >= 4 is 11.9 Å². The fourth-order valence-electron chi connectivity index (χ4n) is 3.00. The monoisotopic (exact) mass is 307 g/mol. The predicted octanol–water partition coefficient (Wildman–Crippen LogP) is 1.71. The van der Waals surface area contributed by atoms with Crippen molar-refractivity contribution in [2.75, 3.05) is 27.4 Å². The molecule has 0 bridgehead atoms. The summed E-state index contributed by atoms with van der Waals surface area (Å²) in [5, 5.41) is 9.62. The van der Waals surface area contributed by atoms with Crippen LogP contribution in [0.15, 0.2) is 18.2 Å². The molecule has 0 spiro atoms. The molecule has 6 nitrogen and oxygen atoms in total. The maximum absolute atomic E-state index is 12.8. The third kappa shape index (κ3) is 2.66. The van der Waals surface area contributed by atoms with Crippen LogP contribution in [-0.4, -0.2) is 54.8 Å². The van der Waals surface area contributed by atoms with Gasteiger partial charge >= 0.3 is 5.97 Å². The van der Waals surface area contributed by atoms with E-state index in [0.717, 1.165) is 5.56 Å². The summed E-state index contributed by atoms with van der Waals surface area (Å²) in [6.07, 6.45) is 1.05. The predicted molar refractivity (Wildman–Crippen MR) is 80.2 cm³/mol. The van der Waals surface area contributed by atoms with Crippen molar-refractivity contribution in [1.29, 1.82) is 0 Å². The Labute approximate surface area is 129 Å². The Morgan fingerprint density at radius 2 is 2.09 bits per heavy atom. The first-order valence-corrected chi connectivity index (χ1v) is 7.15. The average molecular weight is 307 g/mol. The summed E-state index contributed by atoms with van der Waals surface area (Å²) in [5.74, 6) is -0.639. The maximum Gasteiger partial charge on any atom is 0.332 e. The van der Waals surface area contributed by atoms with E-state index in [0.29, 0.717) is 30.7 Å². The van der Waals surface area contributed by atoms with E-state index in [4.69, 9.17) is 9.47 Å². The van der Waals surface area contributed by atoms with E-state index in [1.54, 1.807) is 25.3 Å². The molecule has 1 saturated heterocycles. The van der Waals surface area contributed by atoms with Gasteiger partial charge < -0.3 is 19.5 Å². The lowest BCUT2D eigenvalue weighted by Gasteiger charge is -2.34. The maximum atomic E-state index is 12.8. The van der Waals surface area contributed by atoms with Crippen molar-refractivity contribution in [2.24, 2.45) is 0 Å². The van der Waals surface area contributed by atoms with Crippen LogP contribution in [0.5, 0.6) is 5.75 Å². The van der Waals surface area contributed by atoms with Crippen LogP contribution in [0.25, 0.3) is 0 Å². The smallest absolute Gasteiger partial charge is 0.332 e. The molecule has 1 amide bonds. The molecular weight excluding hydrogens is 286 g/mol. The molecule has 0 aliphatic carbocycles. The number of aryl methyl sites for hydroxylation is 1. The Hall–Kier alpha value is -2.08. The molecule has 1 N–H and O–H groups in total. The molecule has 22 heavy (non-hydrogen) atoms. The standard InChI is InChI=1S/C16H21NO5/c1-11-9-12(22-3)5-6-13(11)14(18)17-8-4-7-16(17,10-21-2)15(19)20/h5-6,9H,4,7-8,10H2,1-3H3,(H,19,20). The number of hydrogen-bond donors (Lipinski definition) is 1. The molecule has 1 aromatic carbocycles. The molecule has 0 radical (unpaired) electrons. The molecule has 1 aliphatic heterocycles.